The van der Waals surface area contributed by atoms with Crippen molar-refractivity contribution in [3.63, 3.8) is 0 Å². The van der Waals surface area contributed by atoms with Gasteiger partial charge in [-0.25, -0.2) is 4.98 Å². The first-order valence-electron chi connectivity index (χ1n) is 8.19. The third-order valence-corrected chi connectivity index (χ3v) is 4.91. The van der Waals surface area contributed by atoms with Crippen molar-refractivity contribution in [3.8, 4) is 11.4 Å². The molecule has 0 atom stereocenters. The number of aromatic nitrogens is 5. The van der Waals surface area contributed by atoms with Gasteiger partial charge in [-0.1, -0.05) is 6.07 Å². The fraction of sp³-hybridized carbons (Fsp3) is 0.412. The molecule has 1 saturated carbocycles. The van der Waals surface area contributed by atoms with Gasteiger partial charge in [0.1, 0.15) is 5.82 Å². The molecule has 0 saturated heterocycles. The van der Waals surface area contributed by atoms with Crippen LogP contribution < -0.4 is 5.32 Å². The summed E-state index contributed by atoms with van der Waals surface area (Å²) in [5.41, 5.74) is 4.17. The molecule has 0 spiro atoms. The van der Waals surface area contributed by atoms with E-state index in [9.17, 15) is 0 Å². The molecule has 4 rings (SSSR count). The number of rotatable bonds is 5. The summed E-state index contributed by atoms with van der Waals surface area (Å²) >= 11 is 1.35. The first kappa shape index (κ1) is 15.3. The number of anilines is 2. The van der Waals surface area contributed by atoms with E-state index in [0.29, 0.717) is 0 Å². The quantitative estimate of drug-likeness (QED) is 0.763. The fourth-order valence-corrected chi connectivity index (χ4v) is 3.42. The lowest BCUT2D eigenvalue weighted by atomic mass is 10.2. The first-order valence-corrected chi connectivity index (χ1v) is 8.96. The summed E-state index contributed by atoms with van der Waals surface area (Å²) in [6.45, 7) is 7.11. The normalized spacial score (nSPS) is 14.1. The molecule has 0 bridgehead atoms. The highest BCUT2D eigenvalue weighted by molar-refractivity contribution is 7.09. The molecule has 1 fully saturated rings. The van der Waals surface area contributed by atoms with Crippen LogP contribution in [-0.4, -0.2) is 24.1 Å². The van der Waals surface area contributed by atoms with Gasteiger partial charge in [0, 0.05) is 29.5 Å². The molecule has 1 N–H and O–H groups in total. The Bertz CT molecular complexity index is 877. The van der Waals surface area contributed by atoms with Gasteiger partial charge in [0.15, 0.2) is 5.82 Å². The molecular weight excluding hydrogens is 320 g/mol. The van der Waals surface area contributed by atoms with Crippen molar-refractivity contribution in [3.05, 3.63) is 35.3 Å². The summed E-state index contributed by atoms with van der Waals surface area (Å²) in [5, 5.41) is 8.66. The van der Waals surface area contributed by atoms with Gasteiger partial charge in [-0.15, -0.1) is 0 Å². The topological polar surface area (TPSA) is 68.5 Å². The van der Waals surface area contributed by atoms with Crippen LogP contribution in [0.3, 0.4) is 0 Å². The molecule has 1 aliphatic rings. The molecule has 0 unspecified atom stereocenters. The predicted molar refractivity (Wildman–Crippen MR) is 95.6 cm³/mol. The van der Waals surface area contributed by atoms with E-state index in [1.54, 1.807) is 0 Å². The maximum atomic E-state index is 4.68. The minimum atomic E-state index is 0.743. The van der Waals surface area contributed by atoms with Crippen LogP contribution in [0.4, 0.5) is 10.9 Å². The molecule has 6 nitrogen and oxygen atoms in total. The monoisotopic (exact) mass is 340 g/mol. The Labute approximate surface area is 145 Å². The Kier molecular flexibility index (Phi) is 3.80. The smallest absolute Gasteiger partial charge is 0.208 e. The average Bonchev–Trinajstić information content (AvgIpc) is 3.17. The lowest BCUT2D eigenvalue weighted by Crippen LogP contribution is -2.04. The third-order valence-electron chi connectivity index (χ3n) is 4.28. The van der Waals surface area contributed by atoms with Gasteiger partial charge in [0.05, 0.1) is 11.3 Å². The second kappa shape index (κ2) is 5.98. The molecule has 3 aromatic heterocycles. The molecule has 0 aromatic carbocycles. The van der Waals surface area contributed by atoms with Crippen LogP contribution in [0.15, 0.2) is 18.2 Å². The summed E-state index contributed by atoms with van der Waals surface area (Å²) in [6.07, 6.45) is 2.64. The standard InChI is InChI=1S/C17H20N6S/c1-10-5-4-6-14(18-10)19-17-20-16(22-24-17)15-11(2)21-23(12(15)3)9-13-7-8-13/h4-6,13H,7-9H2,1-3H3,(H,18,19,20,22). The van der Waals surface area contributed by atoms with Crippen molar-refractivity contribution in [2.24, 2.45) is 5.92 Å². The number of hydrogen-bond acceptors (Lipinski definition) is 6. The number of hydrogen-bond donors (Lipinski definition) is 1. The zero-order valence-corrected chi connectivity index (χ0v) is 14.9. The molecule has 0 amide bonds. The third kappa shape index (κ3) is 3.03. The molecule has 0 aliphatic heterocycles. The van der Waals surface area contributed by atoms with Gasteiger partial charge < -0.3 is 5.32 Å². The second-order valence-electron chi connectivity index (χ2n) is 6.38. The SMILES string of the molecule is Cc1cccc(Nc2nc(-c3c(C)nn(CC4CC4)c3C)ns2)n1. The number of nitrogens with zero attached hydrogens (tertiary/aromatic N) is 5. The first-order chi connectivity index (χ1) is 11.6. The van der Waals surface area contributed by atoms with Crippen molar-refractivity contribution < 1.29 is 0 Å². The Balaban J connectivity index is 1.59. The van der Waals surface area contributed by atoms with Crippen molar-refractivity contribution in [2.75, 3.05) is 5.32 Å². The highest BCUT2D eigenvalue weighted by atomic mass is 32.1. The Hall–Kier alpha value is -2.28. The van der Waals surface area contributed by atoms with Gasteiger partial charge >= 0.3 is 0 Å². The summed E-state index contributed by atoms with van der Waals surface area (Å²) < 4.78 is 6.63. The zero-order valence-electron chi connectivity index (χ0n) is 14.1. The van der Waals surface area contributed by atoms with E-state index in [4.69, 9.17) is 0 Å². The van der Waals surface area contributed by atoms with Crippen LogP contribution >= 0.6 is 11.5 Å². The number of aryl methyl sites for hydroxylation is 2. The van der Waals surface area contributed by atoms with E-state index < -0.39 is 0 Å². The highest BCUT2D eigenvalue weighted by Crippen LogP contribution is 2.33. The van der Waals surface area contributed by atoms with E-state index in [2.05, 4.69) is 36.4 Å². The highest BCUT2D eigenvalue weighted by Gasteiger charge is 2.25. The van der Waals surface area contributed by atoms with E-state index in [1.807, 2.05) is 32.0 Å². The molecule has 3 aromatic rings. The van der Waals surface area contributed by atoms with E-state index in [1.165, 1.54) is 24.4 Å². The molecule has 124 valence electrons. The molecule has 3 heterocycles. The van der Waals surface area contributed by atoms with Gasteiger partial charge in [-0.3, -0.25) is 4.68 Å². The van der Waals surface area contributed by atoms with Crippen LogP contribution in [0.5, 0.6) is 0 Å². The Morgan fingerprint density at radius 1 is 1.21 bits per heavy atom. The maximum absolute atomic E-state index is 4.68. The zero-order chi connectivity index (χ0) is 16.7. The van der Waals surface area contributed by atoms with Crippen molar-refractivity contribution in [1.82, 2.24) is 24.1 Å². The minimum absolute atomic E-state index is 0.743. The van der Waals surface area contributed by atoms with E-state index in [-0.39, 0.29) is 0 Å². The second-order valence-corrected chi connectivity index (χ2v) is 7.14. The number of nitrogens with one attached hydrogen (secondary N) is 1. The number of pyridine rings is 1. The minimum Gasteiger partial charge on any atom is -0.315 e. The van der Waals surface area contributed by atoms with Crippen LogP contribution in [0.2, 0.25) is 0 Å². The van der Waals surface area contributed by atoms with Crippen molar-refractivity contribution >= 4 is 22.5 Å². The van der Waals surface area contributed by atoms with E-state index in [0.717, 1.165) is 51.9 Å². The van der Waals surface area contributed by atoms with Crippen molar-refractivity contribution in [1.29, 1.82) is 0 Å². The summed E-state index contributed by atoms with van der Waals surface area (Å²) in [4.78, 5) is 9.08. The van der Waals surface area contributed by atoms with Gasteiger partial charge in [-0.2, -0.15) is 14.5 Å². The summed E-state index contributed by atoms with van der Waals surface area (Å²) in [6, 6.07) is 5.87. The average molecular weight is 340 g/mol. The molecule has 1 aliphatic carbocycles. The van der Waals surface area contributed by atoms with E-state index >= 15 is 0 Å². The fourth-order valence-electron chi connectivity index (χ4n) is 2.84. The molecule has 24 heavy (non-hydrogen) atoms. The summed E-state index contributed by atoms with van der Waals surface area (Å²) in [5.74, 6) is 2.33. The van der Waals surface area contributed by atoms with Gasteiger partial charge in [0.2, 0.25) is 5.13 Å². The maximum Gasteiger partial charge on any atom is 0.208 e. The van der Waals surface area contributed by atoms with Crippen LogP contribution in [0.1, 0.15) is 29.9 Å². The van der Waals surface area contributed by atoms with Crippen LogP contribution in [-0.2, 0) is 6.54 Å². The Morgan fingerprint density at radius 2 is 2.04 bits per heavy atom. The van der Waals surface area contributed by atoms with Gasteiger partial charge in [-0.05, 0) is 51.7 Å². The predicted octanol–water partition coefficient (Wildman–Crippen LogP) is 3.88. The molecule has 0 radical (unpaired) electrons. The summed E-state index contributed by atoms with van der Waals surface area (Å²) in [7, 11) is 0. The lowest BCUT2D eigenvalue weighted by molar-refractivity contribution is 0.547. The van der Waals surface area contributed by atoms with Crippen LogP contribution in [0.25, 0.3) is 11.4 Å². The van der Waals surface area contributed by atoms with Crippen LogP contribution in [0, 0.1) is 26.7 Å². The largest absolute Gasteiger partial charge is 0.315 e. The molecular formula is C17H20N6S. The Morgan fingerprint density at radius 3 is 2.79 bits per heavy atom. The van der Waals surface area contributed by atoms with Crippen molar-refractivity contribution in [2.45, 2.75) is 40.2 Å². The lowest BCUT2D eigenvalue weighted by Gasteiger charge is -2.02. The molecule has 7 heteroatoms. The van der Waals surface area contributed by atoms with Gasteiger partial charge in [0.25, 0.3) is 0 Å².